The first-order chi connectivity index (χ1) is 3.29. The highest BCUT2D eigenvalue weighted by molar-refractivity contribution is 4.96. The molecule has 1 aromatic heterocycles. The Kier molecular flexibility index (Phi) is 0.749. The maximum absolute atomic E-state index is 5.15. The number of hydrogen-bond donors (Lipinski definition) is 1. The summed E-state index contributed by atoms with van der Waals surface area (Å²) in [7, 11) is 0. The molecule has 0 saturated heterocycles. The van der Waals surface area contributed by atoms with Crippen LogP contribution >= 0.6 is 0 Å². The van der Waals surface area contributed by atoms with Gasteiger partial charge in [-0.2, -0.15) is 9.89 Å². The van der Waals surface area contributed by atoms with Gasteiger partial charge in [-0.15, -0.1) is 0 Å². The number of nitrogens with zero attached hydrogens (tertiary/aromatic N) is 2. The molecule has 0 saturated carbocycles. The summed E-state index contributed by atoms with van der Waals surface area (Å²) in [5.74, 6) is 5.15. The molecule has 1 heterocycles. The summed E-state index contributed by atoms with van der Waals surface area (Å²) in [6, 6.07) is 0. The van der Waals surface area contributed by atoms with Gasteiger partial charge in [0.25, 0.3) is 0 Å². The molecule has 1 radical (unpaired) electrons. The van der Waals surface area contributed by atoms with Crippen LogP contribution in [0.25, 0.3) is 0 Å². The van der Waals surface area contributed by atoms with Gasteiger partial charge >= 0.3 is 0 Å². The second kappa shape index (κ2) is 1.26. The Labute approximate surface area is 41.7 Å². The zero-order valence-corrected chi connectivity index (χ0v) is 4.05. The number of hydrogen-bond acceptors (Lipinski definition) is 2. The fourth-order valence-electron chi connectivity index (χ4n) is 0.393. The minimum Gasteiger partial charge on any atom is -0.323 e. The van der Waals surface area contributed by atoms with Gasteiger partial charge in [0.15, 0.2) is 0 Å². The zero-order chi connectivity index (χ0) is 5.28. The first-order valence-electron chi connectivity index (χ1n) is 1.98. The van der Waals surface area contributed by atoms with Crippen molar-refractivity contribution in [2.75, 3.05) is 5.84 Å². The monoisotopic (exact) mass is 96.1 g/mol. The fourth-order valence-corrected chi connectivity index (χ4v) is 0.393. The van der Waals surface area contributed by atoms with Crippen LogP contribution in [0.5, 0.6) is 0 Å². The zero-order valence-electron chi connectivity index (χ0n) is 4.05. The Bertz CT molecular complexity index is 139. The van der Waals surface area contributed by atoms with E-state index in [0.717, 1.165) is 5.56 Å². The Morgan fingerprint density at radius 1 is 2.00 bits per heavy atom. The Hall–Kier alpha value is -0.990. The number of aromatic nitrogens is 2. The van der Waals surface area contributed by atoms with E-state index in [2.05, 4.69) is 11.3 Å². The molecule has 2 N–H and O–H groups in total. The van der Waals surface area contributed by atoms with Crippen LogP contribution < -0.4 is 5.84 Å². The number of nitrogens with two attached hydrogens (primary N) is 1. The average molecular weight is 96.1 g/mol. The van der Waals surface area contributed by atoms with Crippen molar-refractivity contribution in [3.8, 4) is 0 Å². The molecule has 0 atom stereocenters. The molecule has 7 heavy (non-hydrogen) atoms. The third-order valence-electron chi connectivity index (χ3n) is 0.668. The molecular formula is C4H6N3. The third-order valence-corrected chi connectivity index (χ3v) is 0.668. The van der Waals surface area contributed by atoms with Gasteiger partial charge in [0, 0.05) is 0 Å². The van der Waals surface area contributed by atoms with Crippen LogP contribution in [0.2, 0.25) is 0 Å². The lowest BCUT2D eigenvalue weighted by molar-refractivity contribution is 0.829. The molecule has 3 heteroatoms. The lowest BCUT2D eigenvalue weighted by atomic mass is 10.4. The third kappa shape index (κ3) is 0.707. The van der Waals surface area contributed by atoms with Crippen molar-refractivity contribution in [1.82, 2.24) is 9.89 Å². The summed E-state index contributed by atoms with van der Waals surface area (Å²) in [4.78, 5) is 1.23. The maximum atomic E-state index is 5.15. The number of aryl methyl sites for hydroxylation is 1. The molecule has 0 aliphatic carbocycles. The molecule has 1 aromatic rings. The second-order valence-electron chi connectivity index (χ2n) is 1.40. The van der Waals surface area contributed by atoms with Gasteiger partial charge in [-0.05, 0) is 12.5 Å². The lowest BCUT2D eigenvalue weighted by Crippen LogP contribution is -2.07. The van der Waals surface area contributed by atoms with Crippen molar-refractivity contribution in [1.29, 1.82) is 0 Å². The maximum Gasteiger partial charge on any atom is 0.118 e. The summed E-state index contributed by atoms with van der Waals surface area (Å²) < 4.78 is 0. The first kappa shape index (κ1) is 4.18. The van der Waals surface area contributed by atoms with E-state index in [-0.39, 0.29) is 0 Å². The van der Waals surface area contributed by atoms with E-state index in [9.17, 15) is 0 Å². The molecule has 0 aromatic carbocycles. The topological polar surface area (TPSA) is 43.8 Å². The minimum absolute atomic E-state index is 0.961. The van der Waals surface area contributed by atoms with E-state index < -0.39 is 0 Å². The molecule has 0 amide bonds. The molecule has 0 aliphatic heterocycles. The van der Waals surface area contributed by atoms with E-state index in [0.29, 0.717) is 0 Å². The summed E-state index contributed by atoms with van der Waals surface area (Å²) >= 11 is 0. The lowest BCUT2D eigenvalue weighted by Gasteiger charge is -1.79. The van der Waals surface area contributed by atoms with Gasteiger partial charge in [-0.25, -0.2) is 0 Å². The number of nitrogen functional groups attached to an aromatic ring is 1. The first-order valence-corrected chi connectivity index (χ1v) is 1.98. The largest absolute Gasteiger partial charge is 0.323 e. The smallest absolute Gasteiger partial charge is 0.118 e. The minimum atomic E-state index is 0.961. The summed E-state index contributed by atoms with van der Waals surface area (Å²) in [5, 5.41) is 3.59. The van der Waals surface area contributed by atoms with E-state index in [1.54, 1.807) is 6.20 Å². The van der Waals surface area contributed by atoms with Crippen molar-refractivity contribution in [2.24, 2.45) is 0 Å². The summed E-state index contributed by atoms with van der Waals surface area (Å²) in [5.41, 5.74) is 0.961. The van der Waals surface area contributed by atoms with Crippen LogP contribution in [0.4, 0.5) is 0 Å². The van der Waals surface area contributed by atoms with E-state index in [1.807, 2.05) is 6.92 Å². The van der Waals surface area contributed by atoms with Crippen molar-refractivity contribution in [3.05, 3.63) is 18.0 Å². The van der Waals surface area contributed by atoms with Crippen LogP contribution in [-0.4, -0.2) is 9.89 Å². The van der Waals surface area contributed by atoms with Crippen LogP contribution in [0.15, 0.2) is 6.20 Å². The quantitative estimate of drug-likeness (QED) is 0.451. The molecule has 0 aliphatic rings. The van der Waals surface area contributed by atoms with Crippen molar-refractivity contribution in [2.45, 2.75) is 6.92 Å². The molecule has 0 spiro atoms. The molecule has 3 nitrogen and oxygen atoms in total. The SMILES string of the molecule is Cc1[c]nn(N)c1. The van der Waals surface area contributed by atoms with Crippen molar-refractivity contribution in [3.63, 3.8) is 0 Å². The Morgan fingerprint density at radius 3 is 2.86 bits per heavy atom. The highest BCUT2D eigenvalue weighted by Crippen LogP contribution is 1.85. The second-order valence-corrected chi connectivity index (χ2v) is 1.40. The van der Waals surface area contributed by atoms with E-state index in [4.69, 9.17) is 5.84 Å². The van der Waals surface area contributed by atoms with E-state index >= 15 is 0 Å². The molecule has 0 fully saturated rings. The standard InChI is InChI=1S/C4H6N3/c1-4-2-6-7(5)3-4/h3H,5H2,1H3. The molecule has 1 rings (SSSR count). The highest BCUT2D eigenvalue weighted by Gasteiger charge is 1.83. The summed E-state index contributed by atoms with van der Waals surface area (Å²) in [6.07, 6.45) is 4.35. The molecule has 0 unspecified atom stereocenters. The van der Waals surface area contributed by atoms with Crippen LogP contribution in [-0.2, 0) is 0 Å². The normalized spacial score (nSPS) is 9.29. The van der Waals surface area contributed by atoms with E-state index in [1.165, 1.54) is 4.79 Å². The van der Waals surface area contributed by atoms with Crippen molar-refractivity contribution >= 4 is 0 Å². The molecule has 37 valence electrons. The highest BCUT2D eigenvalue weighted by atomic mass is 15.5. The predicted molar refractivity (Wildman–Crippen MR) is 26.0 cm³/mol. The van der Waals surface area contributed by atoms with Gasteiger partial charge in [-0.1, -0.05) is 0 Å². The van der Waals surface area contributed by atoms with Crippen molar-refractivity contribution < 1.29 is 0 Å². The fraction of sp³-hybridized carbons (Fsp3) is 0.250. The molecular weight excluding hydrogens is 90.1 g/mol. The Balaban J connectivity index is 3.04. The van der Waals surface area contributed by atoms with Crippen LogP contribution in [0.3, 0.4) is 0 Å². The van der Waals surface area contributed by atoms with Gasteiger partial charge < -0.3 is 5.84 Å². The predicted octanol–water partition coefficient (Wildman–Crippen LogP) is -0.294. The average Bonchev–Trinajstić information content (AvgIpc) is 1.87. The van der Waals surface area contributed by atoms with Gasteiger partial charge in [0.05, 0.1) is 6.20 Å². The van der Waals surface area contributed by atoms with Crippen LogP contribution in [0, 0.1) is 13.1 Å². The summed E-state index contributed by atoms with van der Waals surface area (Å²) in [6.45, 7) is 1.89. The molecule has 0 bridgehead atoms. The van der Waals surface area contributed by atoms with Gasteiger partial charge in [-0.3, -0.25) is 0 Å². The van der Waals surface area contributed by atoms with Gasteiger partial charge in [0.2, 0.25) is 0 Å². The van der Waals surface area contributed by atoms with Gasteiger partial charge in [0.1, 0.15) is 6.20 Å². The Morgan fingerprint density at radius 2 is 2.71 bits per heavy atom. The number of rotatable bonds is 0. The van der Waals surface area contributed by atoms with Crippen LogP contribution in [0.1, 0.15) is 5.56 Å².